The SMILES string of the molecule is CC(C)(C)CC1O[C@@H](n2cc(C(=O)Nc3ccccc3)c(=O)[nH]c2=O)C[C@H]1C(C)(C)C. The molecule has 1 aliphatic heterocycles. The number of aromatic amines is 1. The molecule has 2 N–H and O–H groups in total. The summed E-state index contributed by atoms with van der Waals surface area (Å²) in [7, 11) is 0. The number of nitrogens with one attached hydrogen (secondary N) is 2. The number of carbonyl (C=O) groups excluding carboxylic acids is 1. The summed E-state index contributed by atoms with van der Waals surface area (Å²) < 4.78 is 7.70. The van der Waals surface area contributed by atoms with Gasteiger partial charge in [-0.3, -0.25) is 19.1 Å². The van der Waals surface area contributed by atoms with Gasteiger partial charge in [0.25, 0.3) is 11.5 Å². The van der Waals surface area contributed by atoms with E-state index in [9.17, 15) is 14.4 Å². The number of H-pyrrole nitrogens is 1. The first kappa shape index (κ1) is 23.0. The fraction of sp³-hybridized carbons (Fsp3) is 0.542. The lowest BCUT2D eigenvalue weighted by atomic mass is 9.73. The molecule has 1 aliphatic rings. The number of amides is 1. The third kappa shape index (κ3) is 5.53. The molecular formula is C24H33N3O4. The van der Waals surface area contributed by atoms with Crippen LogP contribution in [0.25, 0.3) is 0 Å². The monoisotopic (exact) mass is 427 g/mol. The summed E-state index contributed by atoms with van der Waals surface area (Å²) >= 11 is 0. The number of ether oxygens (including phenoxy) is 1. The molecule has 1 aromatic heterocycles. The zero-order valence-electron chi connectivity index (χ0n) is 19.2. The fourth-order valence-corrected chi connectivity index (χ4v) is 4.19. The Labute approximate surface area is 182 Å². The summed E-state index contributed by atoms with van der Waals surface area (Å²) in [5.74, 6) is -0.338. The lowest BCUT2D eigenvalue weighted by Gasteiger charge is -2.33. The Hall–Kier alpha value is -2.67. The molecule has 2 aromatic rings. The van der Waals surface area contributed by atoms with Gasteiger partial charge in [0, 0.05) is 11.9 Å². The van der Waals surface area contributed by atoms with E-state index in [1.165, 1.54) is 10.8 Å². The highest BCUT2D eigenvalue weighted by atomic mass is 16.5. The first-order valence-corrected chi connectivity index (χ1v) is 10.7. The van der Waals surface area contributed by atoms with Gasteiger partial charge < -0.3 is 10.1 Å². The number of carbonyl (C=O) groups is 1. The van der Waals surface area contributed by atoms with Gasteiger partial charge in [-0.1, -0.05) is 59.7 Å². The molecule has 3 rings (SSSR count). The van der Waals surface area contributed by atoms with E-state index < -0.39 is 23.4 Å². The second-order valence-corrected chi connectivity index (χ2v) is 10.6. The van der Waals surface area contributed by atoms with Crippen LogP contribution in [0.5, 0.6) is 0 Å². The minimum Gasteiger partial charge on any atom is -0.354 e. The molecular weight excluding hydrogens is 394 g/mol. The Kier molecular flexibility index (Phi) is 6.28. The fourth-order valence-electron chi connectivity index (χ4n) is 4.19. The predicted octanol–water partition coefficient (Wildman–Crippen LogP) is 4.17. The molecule has 1 aromatic carbocycles. The van der Waals surface area contributed by atoms with Crippen molar-refractivity contribution in [3.63, 3.8) is 0 Å². The molecule has 1 saturated heterocycles. The van der Waals surface area contributed by atoms with E-state index in [1.807, 2.05) is 6.07 Å². The molecule has 7 nitrogen and oxygen atoms in total. The summed E-state index contributed by atoms with van der Waals surface area (Å²) in [6.07, 6.45) is 2.25. The van der Waals surface area contributed by atoms with Gasteiger partial charge in [-0.2, -0.15) is 0 Å². The van der Waals surface area contributed by atoms with Crippen LogP contribution in [-0.4, -0.2) is 21.6 Å². The molecule has 0 spiro atoms. The molecule has 168 valence electrons. The molecule has 31 heavy (non-hydrogen) atoms. The number of rotatable bonds is 4. The first-order valence-electron chi connectivity index (χ1n) is 10.7. The molecule has 2 heterocycles. The molecule has 3 atom stereocenters. The Morgan fingerprint density at radius 2 is 1.77 bits per heavy atom. The first-order chi connectivity index (χ1) is 14.3. The highest BCUT2D eigenvalue weighted by molar-refractivity contribution is 6.03. The molecule has 0 saturated carbocycles. The molecule has 0 aliphatic carbocycles. The van der Waals surface area contributed by atoms with Crippen molar-refractivity contribution in [2.45, 2.75) is 66.7 Å². The minimum atomic E-state index is -0.716. The van der Waals surface area contributed by atoms with E-state index in [0.717, 1.165) is 6.42 Å². The van der Waals surface area contributed by atoms with E-state index >= 15 is 0 Å². The maximum Gasteiger partial charge on any atom is 0.330 e. The Morgan fingerprint density at radius 1 is 1.13 bits per heavy atom. The van der Waals surface area contributed by atoms with E-state index in [1.54, 1.807) is 24.3 Å². The topological polar surface area (TPSA) is 93.2 Å². The molecule has 1 fully saturated rings. The van der Waals surface area contributed by atoms with Crippen LogP contribution in [0.4, 0.5) is 5.69 Å². The maximum atomic E-state index is 12.7. The second-order valence-electron chi connectivity index (χ2n) is 10.6. The average Bonchev–Trinajstić information content (AvgIpc) is 3.04. The smallest absolute Gasteiger partial charge is 0.330 e. The van der Waals surface area contributed by atoms with Crippen LogP contribution >= 0.6 is 0 Å². The highest BCUT2D eigenvalue weighted by Crippen LogP contribution is 2.46. The van der Waals surface area contributed by atoms with Gasteiger partial charge >= 0.3 is 5.69 Å². The van der Waals surface area contributed by atoms with Gasteiger partial charge in [0.1, 0.15) is 11.8 Å². The van der Waals surface area contributed by atoms with Crippen LogP contribution < -0.4 is 16.6 Å². The van der Waals surface area contributed by atoms with Crippen molar-refractivity contribution in [3.8, 4) is 0 Å². The van der Waals surface area contributed by atoms with Crippen molar-refractivity contribution in [2.24, 2.45) is 16.7 Å². The van der Waals surface area contributed by atoms with Gasteiger partial charge in [-0.25, -0.2) is 4.79 Å². The zero-order valence-corrected chi connectivity index (χ0v) is 19.2. The van der Waals surface area contributed by atoms with Crippen LogP contribution in [0.3, 0.4) is 0 Å². The van der Waals surface area contributed by atoms with Gasteiger partial charge in [0.2, 0.25) is 0 Å². The normalized spacial score (nSPS) is 21.8. The summed E-state index contributed by atoms with van der Waals surface area (Å²) in [5.41, 5.74) is -0.788. The van der Waals surface area contributed by atoms with E-state index in [-0.39, 0.29) is 28.4 Å². The summed E-state index contributed by atoms with van der Waals surface area (Å²) in [6.45, 7) is 13.0. The Morgan fingerprint density at radius 3 is 2.35 bits per heavy atom. The number of anilines is 1. The van der Waals surface area contributed by atoms with Gasteiger partial charge in [0.15, 0.2) is 0 Å². The van der Waals surface area contributed by atoms with Gasteiger partial charge in [0.05, 0.1) is 6.10 Å². The molecule has 0 radical (unpaired) electrons. The number of aromatic nitrogens is 2. The van der Waals surface area contributed by atoms with Crippen LogP contribution in [0, 0.1) is 16.7 Å². The highest BCUT2D eigenvalue weighted by Gasteiger charge is 2.44. The van der Waals surface area contributed by atoms with Crippen molar-refractivity contribution in [1.82, 2.24) is 9.55 Å². The Balaban J connectivity index is 1.92. The average molecular weight is 428 g/mol. The molecule has 1 amide bonds. The molecule has 7 heteroatoms. The van der Waals surface area contributed by atoms with Crippen LogP contribution in [0.1, 0.15) is 71.0 Å². The maximum absolute atomic E-state index is 12.7. The quantitative estimate of drug-likeness (QED) is 0.766. The largest absolute Gasteiger partial charge is 0.354 e. The number of para-hydroxylation sites is 1. The molecule has 1 unspecified atom stereocenters. The second kappa shape index (κ2) is 8.46. The van der Waals surface area contributed by atoms with Crippen LogP contribution in [0.15, 0.2) is 46.1 Å². The van der Waals surface area contributed by atoms with Gasteiger partial charge in [-0.15, -0.1) is 0 Å². The Bertz CT molecular complexity index is 1040. The van der Waals surface area contributed by atoms with Crippen molar-refractivity contribution in [3.05, 3.63) is 62.9 Å². The lowest BCUT2D eigenvalue weighted by Crippen LogP contribution is -2.36. The summed E-state index contributed by atoms with van der Waals surface area (Å²) in [5, 5.41) is 2.69. The summed E-state index contributed by atoms with van der Waals surface area (Å²) in [6, 6.07) is 8.87. The minimum absolute atomic E-state index is 0.00994. The van der Waals surface area contributed by atoms with E-state index in [2.05, 4.69) is 51.8 Å². The summed E-state index contributed by atoms with van der Waals surface area (Å²) in [4.78, 5) is 39.9. The van der Waals surface area contributed by atoms with Crippen LogP contribution in [0.2, 0.25) is 0 Å². The standard InChI is InChI=1S/C24H33N3O4/c1-23(2,3)13-18-17(24(4,5)6)12-19(31-18)27-14-16(21(29)26-22(27)30)20(28)25-15-10-8-7-9-11-15/h7-11,14,17-19H,12-13H2,1-6H3,(H,25,28)(H,26,29,30)/t17-,18?,19-/m1/s1. The predicted molar refractivity (Wildman–Crippen MR) is 121 cm³/mol. The number of benzene rings is 1. The van der Waals surface area contributed by atoms with Crippen molar-refractivity contribution >= 4 is 11.6 Å². The number of hydrogen-bond acceptors (Lipinski definition) is 4. The van der Waals surface area contributed by atoms with E-state index in [4.69, 9.17) is 4.74 Å². The van der Waals surface area contributed by atoms with Crippen LogP contribution in [-0.2, 0) is 4.74 Å². The lowest BCUT2D eigenvalue weighted by molar-refractivity contribution is -0.0342. The number of hydrogen-bond donors (Lipinski definition) is 2. The number of nitrogens with zero attached hydrogens (tertiary/aromatic N) is 1. The van der Waals surface area contributed by atoms with Gasteiger partial charge in [-0.05, 0) is 41.7 Å². The van der Waals surface area contributed by atoms with Crippen molar-refractivity contribution in [2.75, 3.05) is 5.32 Å². The molecule has 0 bridgehead atoms. The van der Waals surface area contributed by atoms with Crippen molar-refractivity contribution in [1.29, 1.82) is 0 Å². The zero-order chi connectivity index (χ0) is 23.0. The third-order valence-electron chi connectivity index (χ3n) is 5.72. The van der Waals surface area contributed by atoms with E-state index in [0.29, 0.717) is 12.1 Å². The third-order valence-corrected chi connectivity index (χ3v) is 5.72. The van der Waals surface area contributed by atoms with Crippen molar-refractivity contribution < 1.29 is 9.53 Å².